The van der Waals surface area contributed by atoms with Crippen molar-refractivity contribution in [1.82, 2.24) is 0 Å². The molecule has 0 bridgehead atoms. The number of hydrogen-bond acceptors (Lipinski definition) is 4. The highest BCUT2D eigenvalue weighted by Crippen LogP contribution is 2.45. The third-order valence-electron chi connectivity index (χ3n) is 11.3. The largest absolute Gasteiger partial charge is 0.456 e. The number of thiophene rings is 1. The molecule has 12 aromatic rings. The Labute approximate surface area is 325 Å². The van der Waals surface area contributed by atoms with Crippen molar-refractivity contribution in [2.24, 2.45) is 0 Å². The Bertz CT molecular complexity index is 3480. The van der Waals surface area contributed by atoms with E-state index < -0.39 is 0 Å². The van der Waals surface area contributed by atoms with Gasteiger partial charge < -0.3 is 13.7 Å². The first-order chi connectivity index (χ1) is 27.7. The van der Waals surface area contributed by atoms with E-state index in [9.17, 15) is 0 Å². The Morgan fingerprint density at radius 2 is 1.02 bits per heavy atom. The van der Waals surface area contributed by atoms with E-state index in [1.54, 1.807) is 0 Å². The predicted molar refractivity (Wildman–Crippen MR) is 237 cm³/mol. The molecule has 0 atom stereocenters. The van der Waals surface area contributed by atoms with Crippen molar-refractivity contribution in [3.05, 3.63) is 188 Å². The summed E-state index contributed by atoms with van der Waals surface area (Å²) in [5.74, 6) is 0. The number of hydrogen-bond donors (Lipinski definition) is 0. The average Bonchev–Trinajstić information content (AvgIpc) is 3.96. The second-order valence-electron chi connectivity index (χ2n) is 14.4. The Balaban J connectivity index is 0.993. The predicted octanol–water partition coefficient (Wildman–Crippen LogP) is 15.8. The normalized spacial score (nSPS) is 11.9. The highest BCUT2D eigenvalue weighted by atomic mass is 32.1. The van der Waals surface area contributed by atoms with Crippen LogP contribution in [0.15, 0.2) is 197 Å². The highest BCUT2D eigenvalue weighted by molar-refractivity contribution is 7.25. The molecule has 0 aliphatic rings. The van der Waals surface area contributed by atoms with E-state index in [-0.39, 0.29) is 0 Å². The molecule has 0 aliphatic carbocycles. The first-order valence-corrected chi connectivity index (χ1v) is 19.7. The van der Waals surface area contributed by atoms with Gasteiger partial charge in [0.05, 0.1) is 11.1 Å². The molecular formula is C52H31NO2S. The molecule has 0 fully saturated rings. The SMILES string of the molecule is c1ccc2c(c1)ccc1c3cccc(-c4ccc(N(c5ccc(-c6ccc7sc8ccccc8c7c6)cc5)c5cccc6oc7ccccc7c56)cc4)c3oc21. The van der Waals surface area contributed by atoms with Crippen molar-refractivity contribution in [2.75, 3.05) is 4.90 Å². The Morgan fingerprint density at radius 3 is 1.88 bits per heavy atom. The zero-order valence-electron chi connectivity index (χ0n) is 30.1. The maximum Gasteiger partial charge on any atom is 0.143 e. The van der Waals surface area contributed by atoms with Crippen LogP contribution in [-0.4, -0.2) is 0 Å². The summed E-state index contributed by atoms with van der Waals surface area (Å²) in [4.78, 5) is 2.35. The molecule has 0 N–H and O–H groups in total. The van der Waals surface area contributed by atoms with Gasteiger partial charge in [0.15, 0.2) is 0 Å². The summed E-state index contributed by atoms with van der Waals surface area (Å²) in [5.41, 5.74) is 11.3. The molecule has 0 radical (unpaired) electrons. The van der Waals surface area contributed by atoms with E-state index in [0.29, 0.717) is 0 Å². The highest BCUT2D eigenvalue weighted by Gasteiger charge is 2.21. The van der Waals surface area contributed by atoms with Crippen LogP contribution in [0.1, 0.15) is 0 Å². The van der Waals surface area contributed by atoms with E-state index in [2.05, 4.69) is 181 Å². The lowest BCUT2D eigenvalue weighted by molar-refractivity contribution is 0.669. The molecular weight excluding hydrogens is 703 g/mol. The van der Waals surface area contributed by atoms with E-state index >= 15 is 0 Å². The smallest absolute Gasteiger partial charge is 0.143 e. The number of nitrogens with zero attached hydrogens (tertiary/aromatic N) is 1. The minimum absolute atomic E-state index is 0.863. The third-order valence-corrected chi connectivity index (χ3v) is 12.4. The Hall–Kier alpha value is -7.14. The molecule has 0 amide bonds. The molecule has 4 heteroatoms. The number of para-hydroxylation sites is 2. The van der Waals surface area contributed by atoms with Crippen LogP contribution in [0.5, 0.6) is 0 Å². The summed E-state index contributed by atoms with van der Waals surface area (Å²) in [6, 6.07) is 67.2. The lowest BCUT2D eigenvalue weighted by Crippen LogP contribution is -2.10. The molecule has 0 unspecified atom stereocenters. The van der Waals surface area contributed by atoms with Gasteiger partial charge in [0.1, 0.15) is 22.3 Å². The van der Waals surface area contributed by atoms with Gasteiger partial charge >= 0.3 is 0 Å². The average molecular weight is 734 g/mol. The number of fused-ring (bicyclic) bond motifs is 11. The standard InChI is InChI=1S/C52H31NO2S/c1-2-10-38-33(9-1)23-29-42-41-14-7-13-39(51(41)55-52(38)42)34-21-27-37(28-22-34)53(45-15-8-17-47-50(45)43-12-3-5-16-46(43)54-47)36-25-19-32(20-26-36)35-24-30-49-44(31-35)40-11-4-6-18-48(40)56-49/h1-31H. The van der Waals surface area contributed by atoms with Gasteiger partial charge in [0.2, 0.25) is 0 Å². The maximum absolute atomic E-state index is 6.72. The van der Waals surface area contributed by atoms with Crippen LogP contribution in [0.3, 0.4) is 0 Å². The van der Waals surface area contributed by atoms with E-state index in [0.717, 1.165) is 77.5 Å². The molecule has 3 nitrogen and oxygen atoms in total. The van der Waals surface area contributed by atoms with Crippen LogP contribution < -0.4 is 4.90 Å². The Kier molecular flexibility index (Phi) is 6.80. The second kappa shape index (κ2) is 12.2. The van der Waals surface area contributed by atoms with Crippen LogP contribution >= 0.6 is 11.3 Å². The first kappa shape index (κ1) is 31.2. The summed E-state index contributed by atoms with van der Waals surface area (Å²) in [6.07, 6.45) is 0. The summed E-state index contributed by atoms with van der Waals surface area (Å²) < 4.78 is 15.7. The summed E-state index contributed by atoms with van der Waals surface area (Å²) >= 11 is 1.85. The topological polar surface area (TPSA) is 29.5 Å². The zero-order valence-corrected chi connectivity index (χ0v) is 30.9. The zero-order chi connectivity index (χ0) is 36.7. The minimum atomic E-state index is 0.863. The molecule has 3 heterocycles. The Morgan fingerprint density at radius 1 is 0.375 bits per heavy atom. The third kappa shape index (κ3) is 4.76. The van der Waals surface area contributed by atoms with Crippen LogP contribution in [-0.2, 0) is 0 Å². The van der Waals surface area contributed by atoms with Crippen LogP contribution in [0.2, 0.25) is 0 Å². The van der Waals surface area contributed by atoms with Crippen LogP contribution in [0.4, 0.5) is 17.1 Å². The molecule has 0 saturated carbocycles. The first-order valence-electron chi connectivity index (χ1n) is 18.9. The van der Waals surface area contributed by atoms with Gasteiger partial charge in [0.25, 0.3) is 0 Å². The molecule has 56 heavy (non-hydrogen) atoms. The van der Waals surface area contributed by atoms with Crippen molar-refractivity contribution in [3.63, 3.8) is 0 Å². The molecule has 0 aliphatic heterocycles. The van der Waals surface area contributed by atoms with Crippen molar-refractivity contribution in [3.8, 4) is 22.3 Å². The summed E-state index contributed by atoms with van der Waals surface area (Å²) in [5, 5.41) is 9.36. The van der Waals surface area contributed by atoms with E-state index in [1.165, 1.54) is 36.7 Å². The van der Waals surface area contributed by atoms with Crippen molar-refractivity contribution in [1.29, 1.82) is 0 Å². The number of anilines is 3. The fourth-order valence-electron chi connectivity index (χ4n) is 8.62. The molecule has 262 valence electrons. The second-order valence-corrected chi connectivity index (χ2v) is 15.5. The van der Waals surface area contributed by atoms with Gasteiger partial charge in [-0.15, -0.1) is 11.3 Å². The number of rotatable bonds is 5. The van der Waals surface area contributed by atoms with Crippen molar-refractivity contribution in [2.45, 2.75) is 0 Å². The van der Waals surface area contributed by atoms with Gasteiger partial charge in [-0.05, 0) is 88.8 Å². The lowest BCUT2D eigenvalue weighted by Gasteiger charge is -2.26. The molecule has 9 aromatic carbocycles. The van der Waals surface area contributed by atoms with E-state index in [1.807, 2.05) is 23.5 Å². The van der Waals surface area contributed by atoms with Crippen molar-refractivity contribution >= 4 is 103 Å². The lowest BCUT2D eigenvalue weighted by atomic mass is 10.00. The fourth-order valence-corrected chi connectivity index (χ4v) is 9.71. The summed E-state index contributed by atoms with van der Waals surface area (Å²) in [7, 11) is 0. The molecule has 12 rings (SSSR count). The van der Waals surface area contributed by atoms with Crippen LogP contribution in [0, 0.1) is 0 Å². The quantitative estimate of drug-likeness (QED) is 0.176. The van der Waals surface area contributed by atoms with Gasteiger partial charge in [-0.2, -0.15) is 0 Å². The van der Waals surface area contributed by atoms with Crippen LogP contribution in [0.25, 0.3) is 97.1 Å². The maximum atomic E-state index is 6.72. The molecule has 0 spiro atoms. The number of furan rings is 2. The van der Waals surface area contributed by atoms with Gasteiger partial charge in [0, 0.05) is 58.7 Å². The van der Waals surface area contributed by atoms with E-state index in [4.69, 9.17) is 8.83 Å². The monoisotopic (exact) mass is 733 g/mol. The molecule has 3 aromatic heterocycles. The van der Waals surface area contributed by atoms with Gasteiger partial charge in [-0.3, -0.25) is 0 Å². The van der Waals surface area contributed by atoms with Gasteiger partial charge in [-0.1, -0.05) is 121 Å². The minimum Gasteiger partial charge on any atom is -0.456 e. The number of benzene rings is 9. The fraction of sp³-hybridized carbons (Fsp3) is 0. The summed E-state index contributed by atoms with van der Waals surface area (Å²) in [6.45, 7) is 0. The molecule has 0 saturated heterocycles. The van der Waals surface area contributed by atoms with Gasteiger partial charge in [-0.25, -0.2) is 0 Å². The van der Waals surface area contributed by atoms with Crippen molar-refractivity contribution < 1.29 is 8.83 Å².